The van der Waals surface area contributed by atoms with Crippen molar-refractivity contribution in [3.8, 4) is 0 Å². The maximum atomic E-state index is 12.7. The molecule has 0 aromatic rings. The standard InChI is InChI=1S/C20H31N3O3S/c1-18-7-6-13-16(12(18)3-4-15(18)25)14(10-22-23-17(21)27)20(26)9-11(24)5-8-19(13,20)2/h10-14,16,24,26H,3-9H2,1-2H3,(H3,21,23,27)/b22-10+/t11-,12-,13-,14+,16-,18-,19+,20+/m0/s1. The number of nitrogens with two attached hydrogens (primary N) is 1. The second-order valence-corrected chi connectivity index (χ2v) is 10.2. The number of ketones is 1. The van der Waals surface area contributed by atoms with Crippen molar-refractivity contribution in [1.82, 2.24) is 5.43 Å². The van der Waals surface area contributed by atoms with E-state index in [9.17, 15) is 15.0 Å². The van der Waals surface area contributed by atoms with Crippen LogP contribution in [0.1, 0.15) is 58.8 Å². The van der Waals surface area contributed by atoms with Gasteiger partial charge in [0.15, 0.2) is 5.11 Å². The van der Waals surface area contributed by atoms with Crippen LogP contribution in [0, 0.1) is 34.5 Å². The molecule has 0 aliphatic heterocycles. The minimum absolute atomic E-state index is 0.0868. The lowest BCUT2D eigenvalue weighted by atomic mass is 9.55. The van der Waals surface area contributed by atoms with Crippen LogP contribution in [0.5, 0.6) is 0 Å². The smallest absolute Gasteiger partial charge is 0.184 e. The number of thiocarbonyl (C=S) groups is 1. The van der Waals surface area contributed by atoms with E-state index >= 15 is 0 Å². The lowest BCUT2D eigenvalue weighted by Crippen LogP contribution is -2.54. The fourth-order valence-corrected chi connectivity index (χ4v) is 7.39. The third-order valence-electron chi connectivity index (χ3n) is 8.77. The Morgan fingerprint density at radius 3 is 2.74 bits per heavy atom. The van der Waals surface area contributed by atoms with Gasteiger partial charge in [-0.25, -0.2) is 0 Å². The molecule has 0 aromatic heterocycles. The van der Waals surface area contributed by atoms with E-state index in [4.69, 9.17) is 18.0 Å². The number of fused-ring (bicyclic) bond motifs is 5. The Morgan fingerprint density at radius 2 is 2.04 bits per heavy atom. The summed E-state index contributed by atoms with van der Waals surface area (Å²) in [5.41, 5.74) is 6.53. The zero-order valence-electron chi connectivity index (χ0n) is 16.1. The number of hydrogen-bond donors (Lipinski definition) is 4. The summed E-state index contributed by atoms with van der Waals surface area (Å²) in [6.45, 7) is 4.30. The van der Waals surface area contributed by atoms with E-state index in [0.29, 0.717) is 24.5 Å². The van der Waals surface area contributed by atoms with Gasteiger partial charge in [-0.2, -0.15) is 5.10 Å². The molecule has 0 heterocycles. The van der Waals surface area contributed by atoms with Crippen molar-refractivity contribution in [3.63, 3.8) is 0 Å². The number of rotatable bonds is 2. The van der Waals surface area contributed by atoms with E-state index in [0.717, 1.165) is 32.1 Å². The van der Waals surface area contributed by atoms with Crippen LogP contribution < -0.4 is 11.2 Å². The third-order valence-corrected chi connectivity index (χ3v) is 8.86. The van der Waals surface area contributed by atoms with E-state index < -0.39 is 11.7 Å². The first-order chi connectivity index (χ1) is 12.6. The summed E-state index contributed by atoms with van der Waals surface area (Å²) < 4.78 is 0. The van der Waals surface area contributed by atoms with Gasteiger partial charge in [-0.15, -0.1) is 0 Å². The summed E-state index contributed by atoms with van der Waals surface area (Å²) >= 11 is 4.85. The molecule has 5 N–H and O–H groups in total. The summed E-state index contributed by atoms with van der Waals surface area (Å²) in [5, 5.41) is 26.6. The van der Waals surface area contributed by atoms with Gasteiger partial charge in [0.2, 0.25) is 0 Å². The van der Waals surface area contributed by atoms with Gasteiger partial charge in [-0.05, 0) is 62.1 Å². The number of aliphatic hydroxyl groups is 2. The Bertz CT molecular complexity index is 700. The van der Waals surface area contributed by atoms with Crippen LogP contribution in [0.15, 0.2) is 5.10 Å². The second kappa shape index (κ2) is 6.22. The van der Waals surface area contributed by atoms with Crippen LogP contribution in [-0.2, 0) is 4.79 Å². The quantitative estimate of drug-likeness (QED) is 0.323. The largest absolute Gasteiger partial charge is 0.393 e. The third kappa shape index (κ3) is 2.54. The van der Waals surface area contributed by atoms with E-state index in [1.54, 1.807) is 6.21 Å². The number of nitrogens with one attached hydrogen (secondary N) is 1. The van der Waals surface area contributed by atoms with Gasteiger partial charge in [0.05, 0.1) is 11.7 Å². The number of carbonyl (C=O) groups excluding carboxylic acids is 1. The first kappa shape index (κ1) is 19.3. The van der Waals surface area contributed by atoms with Crippen molar-refractivity contribution in [2.45, 2.75) is 70.5 Å². The highest BCUT2D eigenvalue weighted by molar-refractivity contribution is 7.80. The lowest BCUT2D eigenvalue weighted by Gasteiger charge is -2.51. The molecule has 0 bridgehead atoms. The van der Waals surface area contributed by atoms with Gasteiger partial charge in [0.1, 0.15) is 5.78 Å². The zero-order valence-corrected chi connectivity index (χ0v) is 17.0. The van der Waals surface area contributed by atoms with Gasteiger partial charge in [-0.1, -0.05) is 13.8 Å². The Kier molecular flexibility index (Phi) is 4.44. The fourth-order valence-electron chi connectivity index (χ4n) is 7.33. The molecule has 0 saturated heterocycles. The van der Waals surface area contributed by atoms with Crippen LogP contribution in [-0.4, -0.2) is 39.0 Å². The molecule has 4 aliphatic carbocycles. The Morgan fingerprint density at radius 1 is 1.30 bits per heavy atom. The van der Waals surface area contributed by atoms with Crippen molar-refractivity contribution in [2.75, 3.05) is 0 Å². The Balaban J connectivity index is 1.78. The van der Waals surface area contributed by atoms with Crippen LogP contribution in [0.2, 0.25) is 0 Å². The van der Waals surface area contributed by atoms with Crippen LogP contribution in [0.3, 0.4) is 0 Å². The van der Waals surface area contributed by atoms with Crippen molar-refractivity contribution >= 4 is 29.3 Å². The highest BCUT2D eigenvalue weighted by Gasteiger charge is 2.71. The van der Waals surface area contributed by atoms with Gasteiger partial charge < -0.3 is 15.9 Å². The Labute approximate surface area is 166 Å². The number of nitrogens with zero attached hydrogens (tertiary/aromatic N) is 1. The number of Topliss-reactive ketones (excluding diaryl/α,β-unsaturated/α-hetero) is 1. The molecule has 4 fully saturated rings. The first-order valence-corrected chi connectivity index (χ1v) is 10.6. The molecule has 7 heteroatoms. The molecule has 0 unspecified atom stereocenters. The normalized spacial score (nSPS) is 51.7. The maximum absolute atomic E-state index is 12.7. The highest BCUT2D eigenvalue weighted by atomic mass is 32.1. The molecule has 4 aliphatic rings. The van der Waals surface area contributed by atoms with Gasteiger partial charge in [0, 0.05) is 35.8 Å². The number of hydrazone groups is 1. The molecule has 8 atom stereocenters. The minimum Gasteiger partial charge on any atom is -0.393 e. The average molecular weight is 394 g/mol. The van der Waals surface area contributed by atoms with Crippen molar-refractivity contribution in [2.24, 2.45) is 45.3 Å². The van der Waals surface area contributed by atoms with Crippen LogP contribution >= 0.6 is 12.2 Å². The molecule has 6 nitrogen and oxygen atoms in total. The molecule has 4 rings (SSSR count). The number of carbonyl (C=O) groups is 1. The second-order valence-electron chi connectivity index (χ2n) is 9.73. The fraction of sp³-hybridized carbons (Fsp3) is 0.850. The van der Waals surface area contributed by atoms with E-state index in [-0.39, 0.29) is 33.7 Å². The summed E-state index contributed by atoms with van der Waals surface area (Å²) in [6.07, 6.45) is 6.52. The summed E-state index contributed by atoms with van der Waals surface area (Å²) in [5.74, 6) is 0.927. The summed E-state index contributed by atoms with van der Waals surface area (Å²) in [6, 6.07) is 0. The van der Waals surface area contributed by atoms with E-state index in [1.165, 1.54) is 0 Å². The zero-order chi connectivity index (χ0) is 19.6. The molecule has 150 valence electrons. The topological polar surface area (TPSA) is 108 Å². The van der Waals surface area contributed by atoms with Crippen molar-refractivity contribution in [1.29, 1.82) is 0 Å². The molecule has 0 spiro atoms. The van der Waals surface area contributed by atoms with E-state index in [2.05, 4.69) is 24.4 Å². The molecule has 0 radical (unpaired) electrons. The van der Waals surface area contributed by atoms with Crippen LogP contribution in [0.4, 0.5) is 0 Å². The van der Waals surface area contributed by atoms with Crippen LogP contribution in [0.25, 0.3) is 0 Å². The summed E-state index contributed by atoms with van der Waals surface area (Å²) in [4.78, 5) is 12.7. The molecular formula is C20H31N3O3S. The van der Waals surface area contributed by atoms with Gasteiger partial charge >= 0.3 is 0 Å². The Hall–Kier alpha value is -1.05. The SMILES string of the molecule is C[C@]12CC[C@H]3[C@@H]([C@@H](/C=N/NC(N)=S)[C@]4(O)C[C@@H](O)CC[C@]34C)[C@@H]1CCC2=O. The minimum atomic E-state index is -1.03. The predicted octanol–water partition coefficient (Wildman–Crippen LogP) is 1.73. The number of aliphatic hydroxyl groups excluding tert-OH is 1. The summed E-state index contributed by atoms with van der Waals surface area (Å²) in [7, 11) is 0. The molecule has 4 saturated carbocycles. The first-order valence-electron chi connectivity index (χ1n) is 10.2. The van der Waals surface area contributed by atoms with E-state index in [1.807, 2.05) is 0 Å². The predicted molar refractivity (Wildman–Crippen MR) is 107 cm³/mol. The molecule has 0 amide bonds. The molecular weight excluding hydrogens is 362 g/mol. The van der Waals surface area contributed by atoms with Gasteiger partial charge in [0.25, 0.3) is 0 Å². The van der Waals surface area contributed by atoms with Crippen molar-refractivity contribution < 1.29 is 15.0 Å². The molecule has 0 aromatic carbocycles. The lowest BCUT2D eigenvalue weighted by molar-refractivity contribution is -0.142. The highest BCUT2D eigenvalue weighted by Crippen LogP contribution is 2.70. The monoisotopic (exact) mass is 393 g/mol. The average Bonchev–Trinajstić information content (AvgIpc) is 2.99. The van der Waals surface area contributed by atoms with Crippen molar-refractivity contribution in [3.05, 3.63) is 0 Å². The van der Waals surface area contributed by atoms with Gasteiger partial charge in [-0.3, -0.25) is 10.2 Å². The number of hydrogen-bond acceptors (Lipinski definition) is 5. The molecule has 27 heavy (non-hydrogen) atoms. The maximum Gasteiger partial charge on any atom is 0.184 e.